The summed E-state index contributed by atoms with van der Waals surface area (Å²) in [6.07, 6.45) is 3.22. The van der Waals surface area contributed by atoms with Gasteiger partial charge >= 0.3 is 0 Å². The summed E-state index contributed by atoms with van der Waals surface area (Å²) in [6, 6.07) is 18.3. The van der Waals surface area contributed by atoms with Gasteiger partial charge in [0, 0.05) is 16.0 Å². The highest BCUT2D eigenvalue weighted by Crippen LogP contribution is 2.40. The lowest BCUT2D eigenvalue weighted by Gasteiger charge is -2.21. The highest BCUT2D eigenvalue weighted by molar-refractivity contribution is 7.99. The van der Waals surface area contributed by atoms with Gasteiger partial charge in [-0.3, -0.25) is 0 Å². The second-order valence-corrected chi connectivity index (χ2v) is 6.53. The van der Waals surface area contributed by atoms with Gasteiger partial charge in [0.05, 0.1) is 0 Å². The van der Waals surface area contributed by atoms with E-state index in [-0.39, 0.29) is 0 Å². The van der Waals surface area contributed by atoms with Crippen LogP contribution in [0.3, 0.4) is 0 Å². The van der Waals surface area contributed by atoms with Crippen LogP contribution in [0.5, 0.6) is 0 Å². The van der Waals surface area contributed by atoms with E-state index in [4.69, 9.17) is 0 Å². The number of hydrogen-bond acceptors (Lipinski definition) is 2. The van der Waals surface area contributed by atoms with Crippen molar-refractivity contribution in [1.82, 2.24) is 4.98 Å². The molecule has 3 aromatic rings. The lowest BCUT2D eigenvalue weighted by atomic mass is 9.95. The maximum Gasteiger partial charge on any atom is 0.213 e. The fraction of sp³-hybridized carbons (Fsp3) is 0.105. The molecule has 2 heterocycles. The molecule has 1 nitrogen and oxygen atoms in total. The van der Waals surface area contributed by atoms with Gasteiger partial charge < -0.3 is 0 Å². The second kappa shape index (κ2) is 5.58. The molecule has 108 valence electrons. The molecule has 0 N–H and O–H groups in total. The zero-order valence-electron chi connectivity index (χ0n) is 11.9. The maximum atomic E-state index is 13.3. The van der Waals surface area contributed by atoms with E-state index in [9.17, 15) is 4.39 Å². The highest BCUT2D eigenvalue weighted by Gasteiger charge is 2.18. The summed E-state index contributed by atoms with van der Waals surface area (Å²) in [5, 5.41) is 0. The van der Waals surface area contributed by atoms with Crippen LogP contribution in [0.15, 0.2) is 70.6 Å². The molecule has 2 aromatic carbocycles. The average molecular weight is 307 g/mol. The molecule has 1 aliphatic heterocycles. The monoisotopic (exact) mass is 307 g/mol. The summed E-state index contributed by atoms with van der Waals surface area (Å²) in [7, 11) is 0. The largest absolute Gasteiger partial charge is 0.228 e. The summed E-state index contributed by atoms with van der Waals surface area (Å²) in [4.78, 5) is 6.27. The number of halogens is 1. The Morgan fingerprint density at radius 3 is 2.77 bits per heavy atom. The average Bonchev–Trinajstić information content (AvgIpc) is 2.53. The molecule has 0 saturated carbocycles. The van der Waals surface area contributed by atoms with Crippen molar-refractivity contribution in [2.24, 2.45) is 0 Å². The third kappa shape index (κ3) is 2.53. The second-order valence-electron chi connectivity index (χ2n) is 5.44. The number of pyridine rings is 1. The molecule has 22 heavy (non-hydrogen) atoms. The number of nitrogens with zero attached hydrogens (tertiary/aromatic N) is 1. The Morgan fingerprint density at radius 2 is 1.86 bits per heavy atom. The van der Waals surface area contributed by atoms with Gasteiger partial charge in [0.15, 0.2) is 0 Å². The zero-order chi connectivity index (χ0) is 14.9. The van der Waals surface area contributed by atoms with Gasteiger partial charge in [-0.15, -0.1) is 0 Å². The Bertz CT molecular complexity index is 844. The van der Waals surface area contributed by atoms with Gasteiger partial charge in [0.2, 0.25) is 5.95 Å². The molecular formula is C19H14FNS. The van der Waals surface area contributed by atoms with Crippen LogP contribution in [0, 0.1) is 5.95 Å². The Hall–Kier alpha value is -2.13. The standard InChI is InChI=1S/C19H14FNS/c20-19-11-13(8-9-21-19)10-14-5-3-7-18-16(14)12-15-4-1-2-6-17(15)22-18/h1-9,11H,10,12H2. The van der Waals surface area contributed by atoms with Gasteiger partial charge in [-0.25, -0.2) is 4.98 Å². The molecule has 0 saturated heterocycles. The highest BCUT2D eigenvalue weighted by atomic mass is 32.2. The van der Waals surface area contributed by atoms with Crippen LogP contribution in [0.2, 0.25) is 0 Å². The van der Waals surface area contributed by atoms with Crippen molar-refractivity contribution >= 4 is 11.8 Å². The number of fused-ring (bicyclic) bond motifs is 2. The van der Waals surface area contributed by atoms with Gasteiger partial charge in [0.1, 0.15) is 0 Å². The quantitative estimate of drug-likeness (QED) is 0.490. The Labute approximate surface area is 133 Å². The normalized spacial score (nSPS) is 12.6. The molecule has 0 fully saturated rings. The van der Waals surface area contributed by atoms with Gasteiger partial charge in [-0.05, 0) is 59.4 Å². The summed E-state index contributed by atoms with van der Waals surface area (Å²) in [6.45, 7) is 0. The molecule has 0 spiro atoms. The van der Waals surface area contributed by atoms with E-state index in [1.807, 2.05) is 17.8 Å². The minimum atomic E-state index is -0.415. The maximum absolute atomic E-state index is 13.3. The first-order chi connectivity index (χ1) is 10.8. The molecule has 0 atom stereocenters. The van der Waals surface area contributed by atoms with E-state index in [0.29, 0.717) is 0 Å². The summed E-state index contributed by atoms with van der Waals surface area (Å²) < 4.78 is 13.3. The van der Waals surface area contributed by atoms with E-state index in [1.165, 1.54) is 38.7 Å². The van der Waals surface area contributed by atoms with Crippen molar-refractivity contribution in [1.29, 1.82) is 0 Å². The van der Waals surface area contributed by atoms with Crippen LogP contribution < -0.4 is 0 Å². The van der Waals surface area contributed by atoms with Crippen LogP contribution in [0.25, 0.3) is 0 Å². The van der Waals surface area contributed by atoms with E-state index in [2.05, 4.69) is 47.4 Å². The zero-order valence-corrected chi connectivity index (χ0v) is 12.7. The minimum absolute atomic E-state index is 0.415. The van der Waals surface area contributed by atoms with Crippen molar-refractivity contribution in [3.63, 3.8) is 0 Å². The number of hydrogen-bond donors (Lipinski definition) is 0. The van der Waals surface area contributed by atoms with Crippen molar-refractivity contribution in [2.75, 3.05) is 0 Å². The smallest absolute Gasteiger partial charge is 0.213 e. The molecule has 0 bridgehead atoms. The van der Waals surface area contributed by atoms with Gasteiger partial charge in [0.25, 0.3) is 0 Å². The van der Waals surface area contributed by atoms with Crippen molar-refractivity contribution in [3.8, 4) is 0 Å². The Kier molecular flexibility index (Phi) is 3.43. The van der Waals surface area contributed by atoms with Crippen LogP contribution in [-0.4, -0.2) is 4.98 Å². The Morgan fingerprint density at radius 1 is 1.00 bits per heavy atom. The summed E-state index contributed by atoms with van der Waals surface area (Å²) in [5.41, 5.74) is 4.96. The first kappa shape index (κ1) is 13.5. The third-order valence-corrected chi connectivity index (χ3v) is 5.20. The predicted molar refractivity (Wildman–Crippen MR) is 86.8 cm³/mol. The number of rotatable bonds is 2. The number of benzene rings is 2. The predicted octanol–water partition coefficient (Wildman–Crippen LogP) is 4.87. The first-order valence-corrected chi connectivity index (χ1v) is 8.08. The first-order valence-electron chi connectivity index (χ1n) is 7.26. The number of aromatic nitrogens is 1. The SMILES string of the molecule is Fc1cc(Cc2cccc3c2Cc2ccccc2S3)ccn1. The third-order valence-electron chi connectivity index (χ3n) is 3.98. The molecule has 1 aliphatic rings. The van der Waals surface area contributed by atoms with Crippen molar-refractivity contribution in [3.05, 3.63) is 89.0 Å². The summed E-state index contributed by atoms with van der Waals surface area (Å²) >= 11 is 1.82. The molecule has 0 amide bonds. The van der Waals surface area contributed by atoms with Crippen LogP contribution in [-0.2, 0) is 12.8 Å². The fourth-order valence-corrected chi connectivity index (χ4v) is 4.03. The Balaban J connectivity index is 1.72. The summed E-state index contributed by atoms with van der Waals surface area (Å²) in [5.74, 6) is -0.415. The van der Waals surface area contributed by atoms with Gasteiger partial charge in [-0.1, -0.05) is 42.1 Å². The van der Waals surface area contributed by atoms with Gasteiger partial charge in [-0.2, -0.15) is 4.39 Å². The molecule has 0 unspecified atom stereocenters. The minimum Gasteiger partial charge on any atom is -0.228 e. The molecule has 0 aliphatic carbocycles. The lowest BCUT2D eigenvalue weighted by molar-refractivity contribution is 0.582. The van der Waals surface area contributed by atoms with E-state index in [0.717, 1.165) is 18.4 Å². The molecule has 3 heteroatoms. The fourth-order valence-electron chi connectivity index (χ4n) is 2.90. The molecular weight excluding hydrogens is 293 g/mol. The van der Waals surface area contributed by atoms with Crippen LogP contribution in [0.1, 0.15) is 22.3 Å². The molecule has 0 radical (unpaired) electrons. The van der Waals surface area contributed by atoms with Crippen molar-refractivity contribution in [2.45, 2.75) is 22.6 Å². The van der Waals surface area contributed by atoms with Crippen LogP contribution in [0.4, 0.5) is 4.39 Å². The van der Waals surface area contributed by atoms with E-state index < -0.39 is 5.95 Å². The topological polar surface area (TPSA) is 12.9 Å². The van der Waals surface area contributed by atoms with Crippen LogP contribution >= 0.6 is 11.8 Å². The van der Waals surface area contributed by atoms with E-state index >= 15 is 0 Å². The van der Waals surface area contributed by atoms with E-state index in [1.54, 1.807) is 0 Å². The lowest BCUT2D eigenvalue weighted by Crippen LogP contribution is -2.04. The van der Waals surface area contributed by atoms with Crippen molar-refractivity contribution < 1.29 is 4.39 Å². The molecule has 4 rings (SSSR count). The molecule has 1 aromatic heterocycles.